The van der Waals surface area contributed by atoms with E-state index in [1.165, 1.54) is 28.5 Å². The molecule has 32 heavy (non-hydrogen) atoms. The SMILES string of the molecule is COc1ccc2c(c1)CCN(c1ccccc1)C2c1ccc(/C=C/C(=O)OC(C)C)cc1. The number of hydrogen-bond acceptors (Lipinski definition) is 4. The van der Waals surface area contributed by atoms with Crippen molar-refractivity contribution < 1.29 is 14.3 Å². The third-order valence-electron chi connectivity index (χ3n) is 5.68. The van der Waals surface area contributed by atoms with Gasteiger partial charge in [0.2, 0.25) is 0 Å². The molecule has 4 nitrogen and oxygen atoms in total. The minimum absolute atomic E-state index is 0.107. The number of fused-ring (bicyclic) bond motifs is 1. The molecular weight excluding hydrogens is 398 g/mol. The zero-order valence-corrected chi connectivity index (χ0v) is 18.8. The molecule has 1 heterocycles. The van der Waals surface area contributed by atoms with Gasteiger partial charge in [0.1, 0.15) is 5.75 Å². The summed E-state index contributed by atoms with van der Waals surface area (Å²) < 4.78 is 10.6. The molecule has 1 unspecified atom stereocenters. The third kappa shape index (κ3) is 4.86. The van der Waals surface area contributed by atoms with E-state index in [9.17, 15) is 4.79 Å². The molecular formula is C28H29NO3. The Bertz CT molecular complexity index is 1090. The van der Waals surface area contributed by atoms with Crippen molar-refractivity contribution in [3.05, 3.63) is 101 Å². The molecule has 0 aliphatic carbocycles. The fraction of sp³-hybridized carbons (Fsp3) is 0.250. The van der Waals surface area contributed by atoms with Crippen LogP contribution in [-0.2, 0) is 16.0 Å². The minimum atomic E-state index is -0.325. The fourth-order valence-electron chi connectivity index (χ4n) is 4.21. The number of ether oxygens (including phenoxy) is 2. The average molecular weight is 428 g/mol. The van der Waals surface area contributed by atoms with E-state index in [2.05, 4.69) is 65.6 Å². The van der Waals surface area contributed by atoms with Crippen molar-refractivity contribution in [2.24, 2.45) is 0 Å². The highest BCUT2D eigenvalue weighted by molar-refractivity contribution is 5.87. The van der Waals surface area contributed by atoms with Gasteiger partial charge in [-0.2, -0.15) is 0 Å². The van der Waals surface area contributed by atoms with Gasteiger partial charge in [0.15, 0.2) is 0 Å². The van der Waals surface area contributed by atoms with Crippen LogP contribution in [0.5, 0.6) is 5.75 Å². The summed E-state index contributed by atoms with van der Waals surface area (Å²) in [6, 6.07) is 25.4. The van der Waals surface area contributed by atoms with Crippen LogP contribution in [0.2, 0.25) is 0 Å². The number of para-hydroxylation sites is 1. The maximum Gasteiger partial charge on any atom is 0.331 e. The molecule has 0 amide bonds. The highest BCUT2D eigenvalue weighted by atomic mass is 16.5. The summed E-state index contributed by atoms with van der Waals surface area (Å²) in [5.41, 5.74) is 6.00. The number of carbonyl (C=O) groups is 1. The lowest BCUT2D eigenvalue weighted by atomic mass is 9.87. The van der Waals surface area contributed by atoms with Gasteiger partial charge in [-0.3, -0.25) is 0 Å². The number of benzene rings is 3. The number of anilines is 1. The van der Waals surface area contributed by atoms with Gasteiger partial charge in [-0.05, 0) is 72.9 Å². The Kier molecular flexibility index (Phi) is 6.60. The average Bonchev–Trinajstić information content (AvgIpc) is 2.82. The van der Waals surface area contributed by atoms with Crippen molar-refractivity contribution in [2.75, 3.05) is 18.6 Å². The van der Waals surface area contributed by atoms with E-state index in [0.29, 0.717) is 0 Å². The zero-order valence-electron chi connectivity index (χ0n) is 18.8. The van der Waals surface area contributed by atoms with Gasteiger partial charge in [-0.15, -0.1) is 0 Å². The Hall–Kier alpha value is -3.53. The van der Waals surface area contributed by atoms with Crippen LogP contribution in [0, 0.1) is 0 Å². The summed E-state index contributed by atoms with van der Waals surface area (Å²) in [5, 5.41) is 0. The molecule has 3 aromatic carbocycles. The van der Waals surface area contributed by atoms with Gasteiger partial charge in [-0.25, -0.2) is 4.79 Å². The maximum atomic E-state index is 11.8. The Morgan fingerprint density at radius 3 is 2.47 bits per heavy atom. The number of esters is 1. The molecule has 0 saturated heterocycles. The number of hydrogen-bond donors (Lipinski definition) is 0. The van der Waals surface area contributed by atoms with E-state index >= 15 is 0 Å². The van der Waals surface area contributed by atoms with E-state index < -0.39 is 0 Å². The largest absolute Gasteiger partial charge is 0.497 e. The Morgan fingerprint density at radius 2 is 1.78 bits per heavy atom. The number of nitrogens with zero attached hydrogens (tertiary/aromatic N) is 1. The second-order valence-corrected chi connectivity index (χ2v) is 8.23. The molecule has 1 aliphatic rings. The zero-order chi connectivity index (χ0) is 22.5. The summed E-state index contributed by atoms with van der Waals surface area (Å²) >= 11 is 0. The van der Waals surface area contributed by atoms with Crippen LogP contribution >= 0.6 is 0 Å². The van der Waals surface area contributed by atoms with Crippen molar-refractivity contribution in [2.45, 2.75) is 32.4 Å². The molecule has 0 aromatic heterocycles. The first kappa shape index (κ1) is 21.7. The predicted molar refractivity (Wildman–Crippen MR) is 129 cm³/mol. The lowest BCUT2D eigenvalue weighted by Gasteiger charge is -2.39. The highest BCUT2D eigenvalue weighted by Gasteiger charge is 2.29. The molecule has 164 valence electrons. The number of methoxy groups -OCH3 is 1. The molecule has 0 radical (unpaired) electrons. The van der Waals surface area contributed by atoms with Crippen LogP contribution in [0.25, 0.3) is 6.08 Å². The van der Waals surface area contributed by atoms with E-state index in [1.807, 2.05) is 26.0 Å². The summed E-state index contributed by atoms with van der Waals surface area (Å²) in [5.74, 6) is 0.568. The first-order valence-electron chi connectivity index (χ1n) is 11.0. The van der Waals surface area contributed by atoms with Crippen LogP contribution in [0.1, 0.15) is 42.1 Å². The van der Waals surface area contributed by atoms with Crippen LogP contribution in [0.15, 0.2) is 78.9 Å². The lowest BCUT2D eigenvalue weighted by Crippen LogP contribution is -2.36. The number of rotatable bonds is 6. The molecule has 4 heteroatoms. The van der Waals surface area contributed by atoms with Crippen LogP contribution < -0.4 is 9.64 Å². The predicted octanol–water partition coefficient (Wildman–Crippen LogP) is 5.81. The molecule has 1 aliphatic heterocycles. The van der Waals surface area contributed by atoms with Gasteiger partial charge in [0.25, 0.3) is 0 Å². The first-order valence-corrected chi connectivity index (χ1v) is 11.0. The van der Waals surface area contributed by atoms with Gasteiger partial charge in [0, 0.05) is 18.3 Å². The van der Waals surface area contributed by atoms with Crippen molar-refractivity contribution in [3.8, 4) is 5.75 Å². The molecule has 1 atom stereocenters. The maximum absolute atomic E-state index is 11.8. The summed E-state index contributed by atoms with van der Waals surface area (Å²) in [6.07, 6.45) is 4.12. The normalized spacial score (nSPS) is 15.6. The third-order valence-corrected chi connectivity index (χ3v) is 5.68. The summed E-state index contributed by atoms with van der Waals surface area (Å²) in [7, 11) is 1.71. The summed E-state index contributed by atoms with van der Waals surface area (Å²) in [4.78, 5) is 14.3. The van der Waals surface area contributed by atoms with Crippen molar-refractivity contribution in [3.63, 3.8) is 0 Å². The molecule has 0 bridgehead atoms. The number of carbonyl (C=O) groups excluding carboxylic acids is 1. The van der Waals surface area contributed by atoms with Crippen LogP contribution in [-0.4, -0.2) is 25.7 Å². The standard InChI is InChI=1S/C28H29NO3/c1-20(2)32-27(30)16-11-21-9-12-22(13-10-21)28-26-15-14-25(31-3)19-23(26)17-18-29(28)24-7-5-4-6-8-24/h4-16,19-20,28H,17-18H2,1-3H3/b16-11+. The Morgan fingerprint density at radius 1 is 1.03 bits per heavy atom. The molecule has 3 aromatic rings. The van der Waals surface area contributed by atoms with Crippen molar-refractivity contribution in [1.82, 2.24) is 0 Å². The minimum Gasteiger partial charge on any atom is -0.497 e. The fourth-order valence-corrected chi connectivity index (χ4v) is 4.21. The topological polar surface area (TPSA) is 38.8 Å². The quantitative estimate of drug-likeness (QED) is 0.367. The monoisotopic (exact) mass is 427 g/mol. The van der Waals surface area contributed by atoms with E-state index in [-0.39, 0.29) is 18.1 Å². The van der Waals surface area contributed by atoms with E-state index in [4.69, 9.17) is 9.47 Å². The smallest absolute Gasteiger partial charge is 0.331 e. The van der Waals surface area contributed by atoms with Crippen LogP contribution in [0.4, 0.5) is 5.69 Å². The molecule has 0 fully saturated rings. The van der Waals surface area contributed by atoms with Crippen LogP contribution in [0.3, 0.4) is 0 Å². The Labute approximate surface area is 190 Å². The van der Waals surface area contributed by atoms with E-state index in [1.54, 1.807) is 13.2 Å². The first-order chi connectivity index (χ1) is 15.5. The van der Waals surface area contributed by atoms with Crippen molar-refractivity contribution in [1.29, 1.82) is 0 Å². The summed E-state index contributed by atoms with van der Waals surface area (Å²) in [6.45, 7) is 4.62. The van der Waals surface area contributed by atoms with Gasteiger partial charge in [0.05, 0.1) is 19.3 Å². The van der Waals surface area contributed by atoms with E-state index in [0.717, 1.165) is 24.3 Å². The second kappa shape index (κ2) is 9.73. The molecule has 4 rings (SSSR count). The molecule has 0 spiro atoms. The van der Waals surface area contributed by atoms with Gasteiger partial charge >= 0.3 is 5.97 Å². The lowest BCUT2D eigenvalue weighted by molar-refractivity contribution is -0.141. The highest BCUT2D eigenvalue weighted by Crippen LogP contribution is 2.39. The molecule has 0 saturated carbocycles. The molecule has 0 N–H and O–H groups in total. The second-order valence-electron chi connectivity index (χ2n) is 8.23. The van der Waals surface area contributed by atoms with Gasteiger partial charge in [-0.1, -0.05) is 48.5 Å². The van der Waals surface area contributed by atoms with Gasteiger partial charge < -0.3 is 14.4 Å². The Balaban J connectivity index is 1.67. The van der Waals surface area contributed by atoms with Crippen molar-refractivity contribution >= 4 is 17.7 Å².